The fraction of sp³-hybridized carbons (Fsp3) is 0.800. The first kappa shape index (κ1) is 16.1. The number of azide groups is 1. The molecule has 0 fully saturated rings. The smallest absolute Gasteiger partial charge is 0.440 e. The first-order chi connectivity index (χ1) is 8.70. The van der Waals surface area contributed by atoms with E-state index in [9.17, 15) is 9.59 Å². The van der Waals surface area contributed by atoms with E-state index in [-0.39, 0.29) is 19.6 Å². The Balaban J connectivity index is 3.45. The van der Waals surface area contributed by atoms with E-state index in [1.807, 2.05) is 12.4 Å². The van der Waals surface area contributed by atoms with Crippen molar-refractivity contribution >= 4 is 12.1 Å². The molecule has 0 saturated carbocycles. The Labute approximate surface area is 105 Å². The van der Waals surface area contributed by atoms with Crippen LogP contribution < -0.4 is 5.48 Å². The molecular formula is C10H18N4O4. The first-order valence-corrected chi connectivity index (χ1v) is 5.84. The van der Waals surface area contributed by atoms with Crippen LogP contribution in [-0.2, 0) is 14.4 Å². The molecule has 0 unspecified atom stereocenters. The zero-order chi connectivity index (χ0) is 13.6. The summed E-state index contributed by atoms with van der Waals surface area (Å²) >= 11 is 0. The van der Waals surface area contributed by atoms with Gasteiger partial charge in [0.05, 0.1) is 6.61 Å². The molecule has 102 valence electrons. The number of hydrogen-bond acceptors (Lipinski definition) is 5. The van der Waals surface area contributed by atoms with Crippen LogP contribution in [0.5, 0.6) is 0 Å². The third-order valence-corrected chi connectivity index (χ3v) is 1.93. The van der Waals surface area contributed by atoms with Crippen LogP contribution in [-0.4, -0.2) is 25.2 Å². The second kappa shape index (κ2) is 11.5. The summed E-state index contributed by atoms with van der Waals surface area (Å²) in [6.45, 7) is 2.37. The van der Waals surface area contributed by atoms with E-state index in [1.54, 1.807) is 0 Å². The Morgan fingerprint density at radius 3 is 2.78 bits per heavy atom. The highest BCUT2D eigenvalue weighted by atomic mass is 16.7. The number of hydrogen-bond donors (Lipinski definition) is 1. The van der Waals surface area contributed by atoms with Gasteiger partial charge >= 0.3 is 12.1 Å². The van der Waals surface area contributed by atoms with Crippen LogP contribution in [0.2, 0.25) is 0 Å². The highest BCUT2D eigenvalue weighted by molar-refractivity contribution is 5.72. The Kier molecular flexibility index (Phi) is 10.3. The molecule has 0 heterocycles. The van der Waals surface area contributed by atoms with Gasteiger partial charge in [-0.25, -0.2) is 9.59 Å². The lowest BCUT2D eigenvalue weighted by molar-refractivity contribution is -0.149. The minimum absolute atomic E-state index is 0.0955. The number of nitrogens with one attached hydrogen (secondary N) is 1. The van der Waals surface area contributed by atoms with Crippen LogP contribution >= 0.6 is 0 Å². The summed E-state index contributed by atoms with van der Waals surface area (Å²) < 4.78 is 4.65. The monoisotopic (exact) mass is 258 g/mol. The predicted octanol–water partition coefficient (Wildman–Crippen LogP) is 2.45. The summed E-state index contributed by atoms with van der Waals surface area (Å²) in [6, 6.07) is 0. The molecule has 0 aliphatic heterocycles. The van der Waals surface area contributed by atoms with Crippen molar-refractivity contribution in [2.24, 2.45) is 5.11 Å². The molecule has 0 aromatic rings. The van der Waals surface area contributed by atoms with Crippen LogP contribution in [0.3, 0.4) is 0 Å². The van der Waals surface area contributed by atoms with Gasteiger partial charge in [0.25, 0.3) is 0 Å². The molecule has 8 nitrogen and oxygen atoms in total. The predicted molar refractivity (Wildman–Crippen MR) is 63.3 cm³/mol. The van der Waals surface area contributed by atoms with Crippen LogP contribution in [0.25, 0.3) is 10.4 Å². The van der Waals surface area contributed by atoms with Gasteiger partial charge in [0.1, 0.15) is 0 Å². The van der Waals surface area contributed by atoms with E-state index in [0.717, 1.165) is 19.3 Å². The van der Waals surface area contributed by atoms with Crippen molar-refractivity contribution in [2.45, 2.75) is 39.0 Å². The topological polar surface area (TPSA) is 113 Å². The SMILES string of the molecule is CCCCCC(=O)ONC(=O)OCCCN=[N+]=[N-]. The third-order valence-electron chi connectivity index (χ3n) is 1.93. The summed E-state index contributed by atoms with van der Waals surface area (Å²) in [5, 5.41) is 3.27. The standard InChI is InChI=1S/C10H18N4O4/c1-2-3-4-6-9(15)18-13-10(16)17-8-5-7-12-14-11/h2-8H2,1H3,(H,13,16). The molecule has 0 bridgehead atoms. The van der Waals surface area contributed by atoms with Crippen molar-refractivity contribution in [3.8, 4) is 0 Å². The van der Waals surface area contributed by atoms with Gasteiger partial charge in [0, 0.05) is 17.9 Å². The Morgan fingerprint density at radius 2 is 2.11 bits per heavy atom. The lowest BCUT2D eigenvalue weighted by Crippen LogP contribution is -2.28. The quantitative estimate of drug-likeness (QED) is 0.237. The number of amides is 1. The molecule has 8 heteroatoms. The van der Waals surface area contributed by atoms with Crippen molar-refractivity contribution < 1.29 is 19.2 Å². The van der Waals surface area contributed by atoms with E-state index >= 15 is 0 Å². The molecule has 0 saturated heterocycles. The van der Waals surface area contributed by atoms with Gasteiger partial charge in [-0.05, 0) is 18.4 Å². The minimum Gasteiger partial charge on any atom is -0.447 e. The highest BCUT2D eigenvalue weighted by Gasteiger charge is 2.06. The molecule has 0 radical (unpaired) electrons. The summed E-state index contributed by atoms with van der Waals surface area (Å²) in [4.78, 5) is 29.1. The lowest BCUT2D eigenvalue weighted by atomic mass is 10.2. The molecule has 18 heavy (non-hydrogen) atoms. The van der Waals surface area contributed by atoms with E-state index in [4.69, 9.17) is 5.53 Å². The average molecular weight is 258 g/mol. The zero-order valence-corrected chi connectivity index (χ0v) is 10.4. The molecule has 1 N–H and O–H groups in total. The van der Waals surface area contributed by atoms with Gasteiger partial charge in [0.15, 0.2) is 0 Å². The van der Waals surface area contributed by atoms with Gasteiger partial charge in [0.2, 0.25) is 0 Å². The van der Waals surface area contributed by atoms with E-state index in [1.165, 1.54) is 0 Å². The maximum atomic E-state index is 11.1. The number of nitrogens with zero attached hydrogens (tertiary/aromatic N) is 3. The zero-order valence-electron chi connectivity index (χ0n) is 10.4. The van der Waals surface area contributed by atoms with Crippen LogP contribution in [0, 0.1) is 0 Å². The highest BCUT2D eigenvalue weighted by Crippen LogP contribution is 1.99. The molecule has 1 amide bonds. The van der Waals surface area contributed by atoms with Gasteiger partial charge in [-0.15, -0.1) is 5.48 Å². The molecule has 0 aromatic carbocycles. The second-order valence-corrected chi connectivity index (χ2v) is 3.48. The Hall–Kier alpha value is -1.95. The van der Waals surface area contributed by atoms with E-state index < -0.39 is 12.1 Å². The molecule has 0 aliphatic rings. The number of carbonyl (C=O) groups excluding carboxylic acids is 2. The van der Waals surface area contributed by atoms with E-state index in [0.29, 0.717) is 6.42 Å². The fourth-order valence-electron chi connectivity index (χ4n) is 1.04. The van der Waals surface area contributed by atoms with Crippen LogP contribution in [0.1, 0.15) is 39.0 Å². The maximum Gasteiger partial charge on any atom is 0.440 e. The van der Waals surface area contributed by atoms with Gasteiger partial charge in [-0.1, -0.05) is 24.9 Å². The lowest BCUT2D eigenvalue weighted by Gasteiger charge is -2.06. The number of ether oxygens (including phenoxy) is 1. The number of hydroxylamine groups is 1. The molecule has 0 atom stereocenters. The summed E-state index contributed by atoms with van der Waals surface area (Å²) in [5.74, 6) is -0.491. The number of rotatable bonds is 8. The molecule has 0 aromatic heterocycles. The molecule has 0 aliphatic carbocycles. The molecule has 0 spiro atoms. The Bertz CT molecular complexity index is 302. The third kappa shape index (κ3) is 10.6. The van der Waals surface area contributed by atoms with E-state index in [2.05, 4.69) is 19.6 Å². The van der Waals surface area contributed by atoms with Gasteiger partial charge < -0.3 is 9.57 Å². The molecule has 0 rings (SSSR count). The second-order valence-electron chi connectivity index (χ2n) is 3.48. The molecular weight excluding hydrogens is 240 g/mol. The minimum atomic E-state index is -0.834. The Morgan fingerprint density at radius 1 is 1.33 bits per heavy atom. The summed E-state index contributed by atoms with van der Waals surface area (Å²) in [7, 11) is 0. The van der Waals surface area contributed by atoms with Crippen LogP contribution in [0.4, 0.5) is 4.79 Å². The largest absolute Gasteiger partial charge is 0.447 e. The first-order valence-electron chi connectivity index (χ1n) is 5.84. The van der Waals surface area contributed by atoms with Crippen molar-refractivity contribution in [3.05, 3.63) is 10.4 Å². The van der Waals surface area contributed by atoms with Crippen molar-refractivity contribution in [1.82, 2.24) is 5.48 Å². The fourth-order valence-corrected chi connectivity index (χ4v) is 1.04. The van der Waals surface area contributed by atoms with Crippen LogP contribution in [0.15, 0.2) is 5.11 Å². The van der Waals surface area contributed by atoms with Crippen molar-refractivity contribution in [2.75, 3.05) is 13.2 Å². The maximum absolute atomic E-state index is 11.1. The van der Waals surface area contributed by atoms with Crippen molar-refractivity contribution in [1.29, 1.82) is 0 Å². The van der Waals surface area contributed by atoms with Gasteiger partial charge in [-0.3, -0.25) is 0 Å². The van der Waals surface area contributed by atoms with Gasteiger partial charge in [-0.2, -0.15) is 0 Å². The number of unbranched alkanes of at least 4 members (excludes halogenated alkanes) is 2. The number of carbonyl (C=O) groups is 2. The average Bonchev–Trinajstić information content (AvgIpc) is 2.36. The normalized spacial score (nSPS) is 9.17. The van der Waals surface area contributed by atoms with Crippen molar-refractivity contribution in [3.63, 3.8) is 0 Å². The summed E-state index contributed by atoms with van der Waals surface area (Å²) in [6.07, 6.45) is 2.54. The summed E-state index contributed by atoms with van der Waals surface area (Å²) in [5.41, 5.74) is 9.88.